The van der Waals surface area contributed by atoms with Crippen molar-refractivity contribution < 1.29 is 21.6 Å². The van der Waals surface area contributed by atoms with Crippen LogP contribution in [-0.2, 0) is 16.4 Å². The summed E-state index contributed by atoms with van der Waals surface area (Å²) >= 11 is 1.08. The molecule has 0 atom stereocenters. The monoisotopic (exact) mass is 316 g/mol. The predicted molar refractivity (Wildman–Crippen MR) is 67.6 cm³/mol. The molecule has 0 aliphatic carbocycles. The van der Waals surface area contributed by atoms with Crippen molar-refractivity contribution in [2.75, 3.05) is 13.1 Å². The van der Waals surface area contributed by atoms with Gasteiger partial charge >= 0.3 is 6.18 Å². The van der Waals surface area contributed by atoms with Gasteiger partial charge in [0.15, 0.2) is 0 Å². The molecular weight excluding hydrogens is 301 g/mol. The predicted octanol–water partition coefficient (Wildman–Crippen LogP) is 1.87. The summed E-state index contributed by atoms with van der Waals surface area (Å²) in [5.74, 6) is 0. The van der Waals surface area contributed by atoms with Gasteiger partial charge in [-0.05, 0) is 31.5 Å². The van der Waals surface area contributed by atoms with Crippen LogP contribution < -0.4 is 10.5 Å². The van der Waals surface area contributed by atoms with Crippen LogP contribution in [-0.4, -0.2) is 27.7 Å². The summed E-state index contributed by atoms with van der Waals surface area (Å²) in [5.41, 5.74) is 5.35. The minimum atomic E-state index is -4.26. The van der Waals surface area contributed by atoms with Crippen LogP contribution in [0, 0.1) is 0 Å². The van der Waals surface area contributed by atoms with Crippen molar-refractivity contribution in [1.82, 2.24) is 4.72 Å². The Hall–Kier alpha value is -0.640. The molecular formula is C10H15F3N2O2S2. The average Bonchev–Trinajstić information content (AvgIpc) is 2.73. The molecule has 0 amide bonds. The number of hydrogen-bond acceptors (Lipinski definition) is 4. The summed E-state index contributed by atoms with van der Waals surface area (Å²) in [6.45, 7) is 0.185. The van der Waals surface area contributed by atoms with Gasteiger partial charge in [0.2, 0.25) is 10.0 Å². The lowest BCUT2D eigenvalue weighted by Crippen LogP contribution is -2.25. The molecule has 9 heteroatoms. The average molecular weight is 316 g/mol. The van der Waals surface area contributed by atoms with Crippen LogP contribution in [0.5, 0.6) is 0 Å². The van der Waals surface area contributed by atoms with Crippen molar-refractivity contribution in [2.45, 2.75) is 29.6 Å². The van der Waals surface area contributed by atoms with Gasteiger partial charge in [-0.1, -0.05) is 0 Å². The molecule has 110 valence electrons. The zero-order valence-corrected chi connectivity index (χ0v) is 11.7. The molecule has 0 aromatic carbocycles. The zero-order chi connectivity index (χ0) is 14.5. The second-order valence-electron chi connectivity index (χ2n) is 3.88. The second-order valence-corrected chi connectivity index (χ2v) is 7.04. The number of nitrogens with two attached hydrogens (primary N) is 1. The first-order valence-electron chi connectivity index (χ1n) is 5.60. The molecule has 1 heterocycles. The highest BCUT2D eigenvalue weighted by Gasteiger charge is 2.26. The quantitative estimate of drug-likeness (QED) is 0.754. The van der Waals surface area contributed by atoms with Crippen molar-refractivity contribution in [3.63, 3.8) is 0 Å². The third kappa shape index (κ3) is 5.89. The minimum Gasteiger partial charge on any atom is -0.330 e. The number of nitrogens with one attached hydrogen (secondary N) is 1. The fourth-order valence-electron chi connectivity index (χ4n) is 1.35. The number of alkyl halides is 3. The maximum atomic E-state index is 11.9. The van der Waals surface area contributed by atoms with Crippen LogP contribution in [0.2, 0.25) is 0 Å². The van der Waals surface area contributed by atoms with E-state index in [4.69, 9.17) is 5.73 Å². The highest BCUT2D eigenvalue weighted by Crippen LogP contribution is 2.23. The molecule has 1 rings (SSSR count). The van der Waals surface area contributed by atoms with Gasteiger partial charge in [-0.25, -0.2) is 13.1 Å². The van der Waals surface area contributed by atoms with Crippen molar-refractivity contribution in [2.24, 2.45) is 5.73 Å². The molecule has 0 saturated carbocycles. The van der Waals surface area contributed by atoms with Gasteiger partial charge < -0.3 is 5.73 Å². The molecule has 3 N–H and O–H groups in total. The minimum absolute atomic E-state index is 0.1000. The normalized spacial score (nSPS) is 12.8. The van der Waals surface area contributed by atoms with Gasteiger partial charge in [0.05, 0.1) is 0 Å². The van der Waals surface area contributed by atoms with Gasteiger partial charge in [-0.2, -0.15) is 13.2 Å². The fourth-order valence-corrected chi connectivity index (χ4v) is 3.84. The van der Waals surface area contributed by atoms with Gasteiger partial charge in [0.1, 0.15) is 4.21 Å². The first-order valence-corrected chi connectivity index (χ1v) is 7.90. The van der Waals surface area contributed by atoms with E-state index in [1.807, 2.05) is 0 Å². The van der Waals surface area contributed by atoms with Crippen LogP contribution in [0.25, 0.3) is 0 Å². The van der Waals surface area contributed by atoms with Crippen molar-refractivity contribution >= 4 is 21.4 Å². The molecule has 0 unspecified atom stereocenters. The Labute approximate surface area is 113 Å². The Morgan fingerprint density at radius 2 is 2.00 bits per heavy atom. The molecule has 0 aliphatic rings. The third-order valence-corrected chi connectivity index (χ3v) is 5.32. The van der Waals surface area contributed by atoms with Crippen LogP contribution in [0.3, 0.4) is 0 Å². The number of rotatable bonds is 7. The lowest BCUT2D eigenvalue weighted by atomic mass is 10.3. The first kappa shape index (κ1) is 16.4. The van der Waals surface area contributed by atoms with Crippen LogP contribution in [0.4, 0.5) is 13.2 Å². The van der Waals surface area contributed by atoms with E-state index >= 15 is 0 Å². The lowest BCUT2D eigenvalue weighted by molar-refractivity contribution is -0.135. The summed E-state index contributed by atoms with van der Waals surface area (Å²) in [5, 5.41) is 0. The summed E-state index contributed by atoms with van der Waals surface area (Å²) in [6.07, 6.45) is -4.96. The highest BCUT2D eigenvalue weighted by molar-refractivity contribution is 7.91. The second kappa shape index (κ2) is 6.69. The van der Waals surface area contributed by atoms with E-state index < -0.39 is 22.6 Å². The maximum Gasteiger partial charge on any atom is 0.389 e. The Morgan fingerprint density at radius 1 is 1.32 bits per heavy atom. The molecule has 4 nitrogen and oxygen atoms in total. The molecule has 0 aliphatic heterocycles. The third-order valence-electron chi connectivity index (χ3n) is 2.22. The summed E-state index contributed by atoms with van der Waals surface area (Å²) in [4.78, 5) is 0.832. The number of thiophene rings is 1. The summed E-state index contributed by atoms with van der Waals surface area (Å²) in [7, 11) is -3.72. The zero-order valence-electron chi connectivity index (χ0n) is 10.0. The number of hydrogen-bond donors (Lipinski definition) is 2. The Bertz CT molecular complexity index is 497. The van der Waals surface area contributed by atoms with Gasteiger partial charge in [0, 0.05) is 17.8 Å². The smallest absolute Gasteiger partial charge is 0.330 e. The topological polar surface area (TPSA) is 72.2 Å². The molecule has 19 heavy (non-hydrogen) atoms. The molecule has 0 bridgehead atoms. The largest absolute Gasteiger partial charge is 0.389 e. The van der Waals surface area contributed by atoms with Crippen LogP contribution in [0.15, 0.2) is 16.3 Å². The van der Waals surface area contributed by atoms with Crippen LogP contribution in [0.1, 0.15) is 17.7 Å². The van der Waals surface area contributed by atoms with E-state index in [0.717, 1.165) is 16.2 Å². The molecule has 0 fully saturated rings. The molecule has 0 saturated heterocycles. The van der Waals surface area contributed by atoms with E-state index in [-0.39, 0.29) is 17.2 Å². The van der Waals surface area contributed by atoms with Crippen molar-refractivity contribution in [3.05, 3.63) is 17.0 Å². The standard InChI is InChI=1S/C10H15F3N2O2S2/c11-10(12,13)5-1-7-15-19(16,17)9-3-2-8(18-9)4-6-14/h2-3,15H,1,4-7,14H2. The van der Waals surface area contributed by atoms with E-state index in [0.29, 0.717) is 13.0 Å². The van der Waals surface area contributed by atoms with E-state index in [1.165, 1.54) is 6.07 Å². The Morgan fingerprint density at radius 3 is 2.58 bits per heavy atom. The van der Waals surface area contributed by atoms with Gasteiger partial charge in [-0.3, -0.25) is 0 Å². The molecule has 0 radical (unpaired) electrons. The van der Waals surface area contributed by atoms with Crippen molar-refractivity contribution in [1.29, 1.82) is 0 Å². The van der Waals surface area contributed by atoms with E-state index in [1.54, 1.807) is 6.07 Å². The Kier molecular flexibility index (Phi) is 5.78. The molecule has 0 spiro atoms. The van der Waals surface area contributed by atoms with Crippen molar-refractivity contribution in [3.8, 4) is 0 Å². The fraction of sp³-hybridized carbons (Fsp3) is 0.600. The van der Waals surface area contributed by atoms with Crippen LogP contribution >= 0.6 is 11.3 Å². The Balaban J connectivity index is 2.51. The highest BCUT2D eigenvalue weighted by atomic mass is 32.2. The van der Waals surface area contributed by atoms with E-state index in [2.05, 4.69) is 4.72 Å². The van der Waals surface area contributed by atoms with Gasteiger partial charge in [0.25, 0.3) is 0 Å². The summed E-state index contributed by atoms with van der Waals surface area (Å²) in [6, 6.07) is 3.09. The maximum absolute atomic E-state index is 11.9. The molecule has 1 aromatic heterocycles. The first-order chi connectivity index (χ1) is 8.74. The van der Waals surface area contributed by atoms with E-state index in [9.17, 15) is 21.6 Å². The summed E-state index contributed by atoms with van der Waals surface area (Å²) < 4.78 is 61.5. The SMILES string of the molecule is NCCc1ccc(S(=O)(=O)NCCCC(F)(F)F)s1. The number of halogens is 3. The lowest BCUT2D eigenvalue weighted by Gasteiger charge is -2.07. The van der Waals surface area contributed by atoms with Gasteiger partial charge in [-0.15, -0.1) is 11.3 Å². The number of sulfonamides is 1. The molecule has 1 aromatic rings.